The van der Waals surface area contributed by atoms with E-state index in [0.717, 1.165) is 11.3 Å². The molecule has 1 N–H and O–H groups in total. The maximum Gasteiger partial charge on any atom is 0.251 e. The summed E-state index contributed by atoms with van der Waals surface area (Å²) in [6, 6.07) is 10.6. The quantitative estimate of drug-likeness (QED) is 0.810. The number of aromatic nitrogens is 1. The number of nitrogens with one attached hydrogen (secondary N) is 1. The van der Waals surface area contributed by atoms with Crippen LogP contribution in [0.5, 0.6) is 5.75 Å². The van der Waals surface area contributed by atoms with Crippen molar-refractivity contribution >= 4 is 11.8 Å². The zero-order chi connectivity index (χ0) is 20.8. The first kappa shape index (κ1) is 20.6. The number of ether oxygens (including phenoxy) is 1. The first-order valence-corrected chi connectivity index (χ1v) is 9.92. The molecule has 2 aromatic rings. The summed E-state index contributed by atoms with van der Waals surface area (Å²) in [7, 11) is 1.62. The van der Waals surface area contributed by atoms with Crippen molar-refractivity contribution in [3.8, 4) is 5.75 Å². The standard InChI is InChI=1S/C22H27N3O4/c1-3-24-11-9-17(14-21(24)27)22(28)23-18-7-8-20(26)25(12-10-18)15-16-5-4-6-19(13-16)29-2/h4-6,9,11,13-14,18H,3,7-8,10,12,15H2,1-2H3,(H,23,28). The van der Waals surface area contributed by atoms with Gasteiger partial charge in [0.1, 0.15) is 5.75 Å². The Hall–Kier alpha value is -3.09. The van der Waals surface area contributed by atoms with E-state index in [4.69, 9.17) is 4.74 Å². The van der Waals surface area contributed by atoms with Gasteiger partial charge in [0.25, 0.3) is 11.5 Å². The van der Waals surface area contributed by atoms with Crippen molar-refractivity contribution in [3.63, 3.8) is 0 Å². The highest BCUT2D eigenvalue weighted by molar-refractivity contribution is 5.94. The van der Waals surface area contributed by atoms with Crippen LogP contribution in [0.4, 0.5) is 0 Å². The molecule has 1 unspecified atom stereocenters. The average molecular weight is 397 g/mol. The highest BCUT2D eigenvalue weighted by Gasteiger charge is 2.24. The van der Waals surface area contributed by atoms with Crippen molar-refractivity contribution < 1.29 is 14.3 Å². The molecule has 1 aromatic carbocycles. The minimum atomic E-state index is -0.274. The van der Waals surface area contributed by atoms with Crippen LogP contribution in [0.3, 0.4) is 0 Å². The van der Waals surface area contributed by atoms with E-state index >= 15 is 0 Å². The van der Waals surface area contributed by atoms with Crippen molar-refractivity contribution in [2.24, 2.45) is 0 Å². The van der Waals surface area contributed by atoms with E-state index in [9.17, 15) is 14.4 Å². The molecule has 0 aliphatic carbocycles. The van der Waals surface area contributed by atoms with Crippen molar-refractivity contribution in [1.29, 1.82) is 0 Å². The summed E-state index contributed by atoms with van der Waals surface area (Å²) in [6.07, 6.45) is 3.27. The van der Waals surface area contributed by atoms with Gasteiger partial charge in [-0.25, -0.2) is 0 Å². The Labute approximate surface area is 170 Å². The average Bonchev–Trinajstić information content (AvgIpc) is 2.90. The van der Waals surface area contributed by atoms with E-state index in [1.807, 2.05) is 36.1 Å². The molecule has 2 heterocycles. The Morgan fingerprint density at radius 1 is 1.21 bits per heavy atom. The number of aryl methyl sites for hydroxylation is 1. The third-order valence-corrected chi connectivity index (χ3v) is 5.25. The molecule has 2 amide bonds. The van der Waals surface area contributed by atoms with E-state index < -0.39 is 0 Å². The molecule has 1 atom stereocenters. The second kappa shape index (κ2) is 9.41. The van der Waals surface area contributed by atoms with Crippen LogP contribution in [-0.4, -0.2) is 41.0 Å². The number of benzene rings is 1. The number of rotatable bonds is 6. The third kappa shape index (κ3) is 5.25. The third-order valence-electron chi connectivity index (χ3n) is 5.25. The summed E-state index contributed by atoms with van der Waals surface area (Å²) in [5.41, 5.74) is 1.17. The van der Waals surface area contributed by atoms with Crippen molar-refractivity contribution in [3.05, 3.63) is 64.1 Å². The van der Waals surface area contributed by atoms with E-state index in [0.29, 0.717) is 44.5 Å². The van der Waals surface area contributed by atoms with Crippen molar-refractivity contribution in [2.75, 3.05) is 13.7 Å². The minimum Gasteiger partial charge on any atom is -0.497 e. The Bertz CT molecular complexity index is 938. The highest BCUT2D eigenvalue weighted by atomic mass is 16.5. The summed E-state index contributed by atoms with van der Waals surface area (Å²) in [5, 5.41) is 2.98. The summed E-state index contributed by atoms with van der Waals surface area (Å²) < 4.78 is 6.79. The molecular weight excluding hydrogens is 370 g/mol. The van der Waals surface area contributed by atoms with E-state index in [1.54, 1.807) is 19.4 Å². The first-order chi connectivity index (χ1) is 14.0. The Morgan fingerprint density at radius 2 is 2.03 bits per heavy atom. The number of likely N-dealkylation sites (tertiary alicyclic amines) is 1. The van der Waals surface area contributed by atoms with Gasteiger partial charge in [0.15, 0.2) is 0 Å². The van der Waals surface area contributed by atoms with Gasteiger partial charge in [-0.2, -0.15) is 0 Å². The molecular formula is C22H27N3O4. The molecule has 0 bridgehead atoms. The zero-order valence-corrected chi connectivity index (χ0v) is 16.9. The second-order valence-electron chi connectivity index (χ2n) is 7.20. The maximum absolute atomic E-state index is 12.5. The van der Waals surface area contributed by atoms with E-state index in [-0.39, 0.29) is 23.4 Å². The lowest BCUT2D eigenvalue weighted by atomic mass is 10.1. The fourth-order valence-electron chi connectivity index (χ4n) is 3.52. The van der Waals surface area contributed by atoms with Gasteiger partial charge in [-0.15, -0.1) is 0 Å². The molecule has 1 saturated heterocycles. The summed E-state index contributed by atoms with van der Waals surface area (Å²) >= 11 is 0. The maximum atomic E-state index is 12.5. The predicted molar refractivity (Wildman–Crippen MR) is 110 cm³/mol. The van der Waals surface area contributed by atoms with Gasteiger partial charge in [0.2, 0.25) is 5.91 Å². The molecule has 1 aliphatic rings. The van der Waals surface area contributed by atoms with E-state index in [1.165, 1.54) is 10.6 Å². The Morgan fingerprint density at radius 3 is 2.76 bits per heavy atom. The van der Waals surface area contributed by atoms with Crippen molar-refractivity contribution in [1.82, 2.24) is 14.8 Å². The lowest BCUT2D eigenvalue weighted by Crippen LogP contribution is -2.36. The van der Waals surface area contributed by atoms with Gasteiger partial charge in [-0.05, 0) is 43.5 Å². The molecule has 7 nitrogen and oxygen atoms in total. The lowest BCUT2D eigenvalue weighted by Gasteiger charge is -2.21. The van der Waals surface area contributed by atoms with Crippen LogP contribution in [0.15, 0.2) is 47.4 Å². The predicted octanol–water partition coefficient (Wildman–Crippen LogP) is 2.19. The molecule has 0 saturated carbocycles. The highest BCUT2D eigenvalue weighted by Crippen LogP contribution is 2.18. The Balaban J connectivity index is 1.61. The number of nitrogens with zero attached hydrogens (tertiary/aromatic N) is 2. The largest absolute Gasteiger partial charge is 0.497 e. The summed E-state index contributed by atoms with van der Waals surface area (Å²) in [5.74, 6) is 0.569. The number of amides is 2. The smallest absolute Gasteiger partial charge is 0.251 e. The molecule has 1 fully saturated rings. The number of hydrogen-bond donors (Lipinski definition) is 1. The second-order valence-corrected chi connectivity index (χ2v) is 7.20. The number of carbonyl (C=O) groups is 2. The molecule has 154 valence electrons. The van der Waals surface area contributed by atoms with Crippen LogP contribution in [0.25, 0.3) is 0 Å². The zero-order valence-electron chi connectivity index (χ0n) is 16.9. The van der Waals surface area contributed by atoms with Gasteiger partial charge in [0, 0.05) is 49.9 Å². The number of carbonyl (C=O) groups excluding carboxylic acids is 2. The van der Waals surface area contributed by atoms with Crippen molar-refractivity contribution in [2.45, 2.75) is 45.3 Å². The van der Waals surface area contributed by atoms with Gasteiger partial charge in [-0.3, -0.25) is 14.4 Å². The van der Waals surface area contributed by atoms with Crippen LogP contribution in [0, 0.1) is 0 Å². The molecule has 7 heteroatoms. The summed E-state index contributed by atoms with van der Waals surface area (Å²) in [4.78, 5) is 38.8. The topological polar surface area (TPSA) is 80.6 Å². The van der Waals surface area contributed by atoms with Crippen LogP contribution >= 0.6 is 0 Å². The molecule has 29 heavy (non-hydrogen) atoms. The monoisotopic (exact) mass is 397 g/mol. The van der Waals surface area contributed by atoms with Gasteiger partial charge in [0.05, 0.1) is 7.11 Å². The molecule has 3 rings (SSSR count). The van der Waals surface area contributed by atoms with Crippen LogP contribution in [0.1, 0.15) is 42.1 Å². The molecule has 1 aliphatic heterocycles. The summed E-state index contributed by atoms with van der Waals surface area (Å²) in [6.45, 7) is 3.53. The SMILES string of the molecule is CCn1ccc(C(=O)NC2CCC(=O)N(Cc3cccc(OC)c3)CC2)cc1=O. The first-order valence-electron chi connectivity index (χ1n) is 9.92. The number of methoxy groups -OCH3 is 1. The van der Waals surface area contributed by atoms with Gasteiger partial charge in [-0.1, -0.05) is 12.1 Å². The van der Waals surface area contributed by atoms with E-state index in [2.05, 4.69) is 5.32 Å². The van der Waals surface area contributed by atoms with Crippen LogP contribution < -0.4 is 15.6 Å². The van der Waals surface area contributed by atoms with Crippen LogP contribution in [-0.2, 0) is 17.9 Å². The number of pyridine rings is 1. The Kier molecular flexibility index (Phi) is 6.69. The normalized spacial score (nSPS) is 17.0. The molecule has 1 aromatic heterocycles. The molecule has 0 radical (unpaired) electrons. The van der Waals surface area contributed by atoms with Crippen LogP contribution in [0.2, 0.25) is 0 Å². The van der Waals surface area contributed by atoms with Gasteiger partial charge < -0.3 is 19.5 Å². The number of hydrogen-bond acceptors (Lipinski definition) is 4. The fourth-order valence-corrected chi connectivity index (χ4v) is 3.52. The fraction of sp³-hybridized carbons (Fsp3) is 0.409. The minimum absolute atomic E-state index is 0.0788. The molecule has 0 spiro atoms. The lowest BCUT2D eigenvalue weighted by molar-refractivity contribution is -0.131. The van der Waals surface area contributed by atoms with Gasteiger partial charge >= 0.3 is 0 Å².